The van der Waals surface area contributed by atoms with E-state index in [0.717, 1.165) is 36.5 Å². The number of aromatic nitrogens is 1. The Hall–Kier alpha value is -4.93. The highest BCUT2D eigenvalue weighted by Gasteiger charge is 2.19. The average molecular weight is 661 g/mol. The van der Waals surface area contributed by atoms with Gasteiger partial charge in [-0.15, -0.1) is 0 Å². The Morgan fingerprint density at radius 1 is 0.872 bits per heavy atom. The first-order valence-electron chi connectivity index (χ1n) is 15.2. The molecule has 47 heavy (non-hydrogen) atoms. The Labute approximate surface area is 280 Å². The van der Waals surface area contributed by atoms with Crippen LogP contribution in [0.3, 0.4) is 0 Å². The molecule has 1 amide bonds. The van der Waals surface area contributed by atoms with Crippen LogP contribution in [0.15, 0.2) is 85.1 Å². The fourth-order valence-corrected chi connectivity index (χ4v) is 4.91. The molecule has 0 saturated heterocycles. The maximum atomic E-state index is 12.1. The molecule has 0 saturated carbocycles. The van der Waals surface area contributed by atoms with Gasteiger partial charge in [-0.05, 0) is 66.7 Å². The number of rotatable bonds is 12. The van der Waals surface area contributed by atoms with Crippen molar-refractivity contribution in [2.75, 3.05) is 39.0 Å². The number of nitrogens with zero attached hydrogens (tertiary/aromatic N) is 2. The lowest BCUT2D eigenvalue weighted by molar-refractivity contribution is -0.132. The number of benzene rings is 3. The van der Waals surface area contributed by atoms with E-state index in [-0.39, 0.29) is 23.8 Å². The minimum Gasteiger partial charge on any atom is -0.496 e. The predicted octanol–water partition coefficient (Wildman–Crippen LogP) is 6.11. The zero-order chi connectivity index (χ0) is 34.3. The van der Waals surface area contributed by atoms with Crippen LogP contribution in [-0.4, -0.2) is 61.0 Å². The van der Waals surface area contributed by atoms with Crippen molar-refractivity contribution in [1.29, 1.82) is 0 Å². The van der Waals surface area contributed by atoms with Crippen LogP contribution in [0.25, 0.3) is 0 Å². The number of nitrogens with one attached hydrogen (secondary N) is 1. The quantitative estimate of drug-likeness (QED) is 0.105. The maximum Gasteiger partial charge on any atom is 0.308 e. The van der Waals surface area contributed by atoms with Crippen LogP contribution in [0.4, 0.5) is 5.69 Å². The number of carbonyl (C=O) groups excluding carboxylic acids is 3. The SMILES string of the molecule is CC(=O)Oc1ccc(C(c2ccc(OC(C)=O)cc2)c2ccccn2)cc1.CCN(CC)CCNC(=O)c1cc(Cl)c(N)cc1OC. The van der Waals surface area contributed by atoms with Crippen LogP contribution in [0.5, 0.6) is 17.2 Å². The van der Waals surface area contributed by atoms with E-state index >= 15 is 0 Å². The standard InChI is InChI=1S/C22H19NO4.C14H22ClN3O2/c1-15(24)26-19-10-6-17(7-11-19)22(21-5-3-4-14-23-21)18-8-12-20(13-9-18)27-16(2)25;1-4-18(5-2)7-6-17-14(19)10-8-11(15)12(16)9-13(10)20-3/h3-14,22H,1-2H3;8-9H,4-7,16H2,1-3H3,(H,17,19). The van der Waals surface area contributed by atoms with Crippen molar-refractivity contribution in [1.82, 2.24) is 15.2 Å². The Kier molecular flexibility index (Phi) is 14.2. The summed E-state index contributed by atoms with van der Waals surface area (Å²) in [5, 5.41) is 3.21. The zero-order valence-electron chi connectivity index (χ0n) is 27.3. The van der Waals surface area contributed by atoms with E-state index in [1.54, 1.807) is 36.5 Å². The first-order valence-corrected chi connectivity index (χ1v) is 15.5. The van der Waals surface area contributed by atoms with E-state index in [9.17, 15) is 14.4 Å². The second kappa shape index (κ2) is 18.3. The molecule has 4 aromatic rings. The number of anilines is 1. The van der Waals surface area contributed by atoms with E-state index in [4.69, 9.17) is 31.5 Å². The highest BCUT2D eigenvalue weighted by Crippen LogP contribution is 2.33. The number of halogens is 1. The summed E-state index contributed by atoms with van der Waals surface area (Å²) < 4.78 is 15.4. The minimum absolute atomic E-state index is 0.107. The topological polar surface area (TPSA) is 133 Å². The molecule has 0 radical (unpaired) electrons. The van der Waals surface area contributed by atoms with E-state index in [1.807, 2.05) is 42.5 Å². The maximum absolute atomic E-state index is 12.1. The highest BCUT2D eigenvalue weighted by molar-refractivity contribution is 6.33. The van der Waals surface area contributed by atoms with Gasteiger partial charge >= 0.3 is 11.9 Å². The van der Waals surface area contributed by atoms with Crippen molar-refractivity contribution in [2.24, 2.45) is 0 Å². The lowest BCUT2D eigenvalue weighted by atomic mass is 9.88. The monoisotopic (exact) mass is 660 g/mol. The number of likely N-dealkylation sites (N-methyl/N-ethyl adjacent to an activating group) is 1. The fourth-order valence-electron chi connectivity index (χ4n) is 4.75. The molecular weight excluding hydrogens is 620 g/mol. The first-order chi connectivity index (χ1) is 22.6. The number of esters is 2. The molecule has 11 heteroatoms. The second-order valence-corrected chi connectivity index (χ2v) is 10.8. The number of amides is 1. The summed E-state index contributed by atoms with van der Waals surface area (Å²) in [5.41, 5.74) is 9.37. The van der Waals surface area contributed by atoms with Gasteiger partial charge in [-0.3, -0.25) is 19.4 Å². The van der Waals surface area contributed by atoms with E-state index < -0.39 is 0 Å². The van der Waals surface area contributed by atoms with Crippen molar-refractivity contribution in [3.63, 3.8) is 0 Å². The molecule has 10 nitrogen and oxygen atoms in total. The normalized spacial score (nSPS) is 10.6. The third-order valence-electron chi connectivity index (χ3n) is 7.11. The Morgan fingerprint density at radius 3 is 1.87 bits per heavy atom. The minimum atomic E-state index is -0.356. The third kappa shape index (κ3) is 11.1. The molecule has 0 unspecified atom stereocenters. The second-order valence-electron chi connectivity index (χ2n) is 10.4. The van der Waals surface area contributed by atoms with Gasteiger partial charge in [0.2, 0.25) is 0 Å². The van der Waals surface area contributed by atoms with Gasteiger partial charge < -0.3 is 30.2 Å². The Morgan fingerprint density at radius 2 is 1.43 bits per heavy atom. The molecule has 3 N–H and O–H groups in total. The molecule has 0 spiro atoms. The summed E-state index contributed by atoms with van der Waals surface area (Å²) in [7, 11) is 1.50. The summed E-state index contributed by atoms with van der Waals surface area (Å²) in [6.45, 7) is 10.2. The van der Waals surface area contributed by atoms with Crippen molar-refractivity contribution >= 4 is 35.1 Å². The molecule has 0 fully saturated rings. The number of pyridine rings is 1. The van der Waals surface area contributed by atoms with Crippen molar-refractivity contribution in [3.8, 4) is 17.2 Å². The van der Waals surface area contributed by atoms with E-state index in [2.05, 4.69) is 29.0 Å². The number of methoxy groups -OCH3 is 1. The summed E-state index contributed by atoms with van der Waals surface area (Å²) >= 11 is 5.95. The Balaban J connectivity index is 0.000000268. The van der Waals surface area contributed by atoms with Crippen molar-refractivity contribution in [3.05, 3.63) is 112 Å². The zero-order valence-corrected chi connectivity index (χ0v) is 28.0. The summed E-state index contributed by atoms with van der Waals surface area (Å²) in [5.74, 6) is 0.384. The van der Waals surface area contributed by atoms with Gasteiger partial charge in [0.05, 0.1) is 35.0 Å². The van der Waals surface area contributed by atoms with Gasteiger partial charge in [-0.1, -0.05) is 55.8 Å². The molecule has 0 atom stereocenters. The molecule has 0 bridgehead atoms. The largest absolute Gasteiger partial charge is 0.496 e. The molecule has 1 aromatic heterocycles. The van der Waals surface area contributed by atoms with Crippen LogP contribution in [0.1, 0.15) is 60.8 Å². The van der Waals surface area contributed by atoms with E-state index in [1.165, 1.54) is 27.0 Å². The van der Waals surface area contributed by atoms with Gasteiger partial charge in [-0.25, -0.2) is 0 Å². The molecule has 1 heterocycles. The van der Waals surface area contributed by atoms with Gasteiger partial charge in [0.1, 0.15) is 17.2 Å². The lowest BCUT2D eigenvalue weighted by Gasteiger charge is -2.18. The van der Waals surface area contributed by atoms with Crippen LogP contribution in [0.2, 0.25) is 5.02 Å². The number of nitrogens with two attached hydrogens (primary N) is 1. The fraction of sp³-hybridized carbons (Fsp3) is 0.278. The number of hydrogen-bond acceptors (Lipinski definition) is 9. The van der Waals surface area contributed by atoms with Gasteiger partial charge in [0.25, 0.3) is 5.91 Å². The molecule has 0 aliphatic carbocycles. The van der Waals surface area contributed by atoms with E-state index in [0.29, 0.717) is 40.1 Å². The summed E-state index contributed by atoms with van der Waals surface area (Å²) in [6.07, 6.45) is 1.75. The molecule has 4 rings (SSSR count). The molecule has 0 aliphatic rings. The first kappa shape index (κ1) is 36.5. The van der Waals surface area contributed by atoms with Crippen LogP contribution in [-0.2, 0) is 9.59 Å². The van der Waals surface area contributed by atoms with Gasteiger partial charge in [0, 0.05) is 39.2 Å². The van der Waals surface area contributed by atoms with Crippen LogP contribution in [0, 0.1) is 0 Å². The van der Waals surface area contributed by atoms with Gasteiger partial charge in [-0.2, -0.15) is 0 Å². The lowest BCUT2D eigenvalue weighted by Crippen LogP contribution is -2.34. The van der Waals surface area contributed by atoms with Crippen LogP contribution < -0.4 is 25.3 Å². The number of carbonyl (C=O) groups is 3. The predicted molar refractivity (Wildman–Crippen MR) is 183 cm³/mol. The van der Waals surface area contributed by atoms with Gasteiger partial charge in [0.15, 0.2) is 0 Å². The number of ether oxygens (including phenoxy) is 3. The summed E-state index contributed by atoms with van der Waals surface area (Å²) in [6, 6.07) is 23.6. The number of hydrogen-bond donors (Lipinski definition) is 2. The molecule has 3 aromatic carbocycles. The molecule has 248 valence electrons. The third-order valence-corrected chi connectivity index (χ3v) is 7.43. The average Bonchev–Trinajstić information content (AvgIpc) is 3.06. The molecule has 0 aliphatic heterocycles. The van der Waals surface area contributed by atoms with Crippen molar-refractivity contribution in [2.45, 2.75) is 33.6 Å². The summed E-state index contributed by atoms with van der Waals surface area (Å²) in [4.78, 5) is 41.1. The smallest absolute Gasteiger partial charge is 0.308 e. The van der Waals surface area contributed by atoms with Crippen LogP contribution >= 0.6 is 11.6 Å². The highest BCUT2D eigenvalue weighted by atomic mass is 35.5. The Bertz CT molecular complexity index is 1550. The van der Waals surface area contributed by atoms with Crippen molar-refractivity contribution < 1.29 is 28.6 Å². The molecular formula is C36H41ClN4O6. The number of nitrogen functional groups attached to an aromatic ring is 1.